The average Bonchev–Trinajstić information content (AvgIpc) is 3.83. The zero-order valence-corrected chi connectivity index (χ0v) is 33.4. The topological polar surface area (TPSA) is 109 Å². The summed E-state index contributed by atoms with van der Waals surface area (Å²) in [5, 5.41) is 11.3. The minimum Gasteiger partial charge on any atom is -0.497 e. The van der Waals surface area contributed by atoms with E-state index in [9.17, 15) is 14.7 Å². The van der Waals surface area contributed by atoms with Crippen molar-refractivity contribution < 1.29 is 33.7 Å². The quantitative estimate of drug-likeness (QED) is 0.248. The number of anilines is 2. The number of aliphatic hydroxyl groups excluding tert-OH is 1. The first-order valence-electron chi connectivity index (χ1n) is 19.7. The van der Waals surface area contributed by atoms with Gasteiger partial charge in [0.2, 0.25) is 11.8 Å². The highest BCUT2D eigenvalue weighted by atomic mass is 28.3. The lowest BCUT2D eigenvalue weighted by Crippen LogP contribution is -2.52. The SMILES string of the molecule is COc1ccc([Si](C)(C)[C@@H]2[C@@H](CC(=O)N3CCC[C@H]3CO)O[C@]3(C(=O)N(Cc4cccc(N5CCCCCCC5=O)c4)c4ccc(OC)cc43)[C@H]2C)cc1. The molecule has 0 radical (unpaired) electrons. The molecular weight excluding hydrogens is 699 g/mol. The smallest absolute Gasteiger partial charge is 0.264 e. The number of amides is 3. The molecule has 0 aromatic heterocycles. The van der Waals surface area contributed by atoms with Gasteiger partial charge in [0.1, 0.15) is 11.5 Å². The first kappa shape index (κ1) is 38.1. The summed E-state index contributed by atoms with van der Waals surface area (Å²) in [5.41, 5.74) is 1.82. The van der Waals surface area contributed by atoms with Gasteiger partial charge in [0.25, 0.3) is 5.91 Å². The fourth-order valence-electron chi connectivity index (χ4n) is 9.86. The van der Waals surface area contributed by atoms with Crippen LogP contribution in [0.1, 0.15) is 69.4 Å². The summed E-state index contributed by atoms with van der Waals surface area (Å²) in [5.74, 6) is 1.05. The molecule has 1 N–H and O–H groups in total. The number of fused-ring (bicyclic) bond motifs is 2. The molecule has 0 bridgehead atoms. The number of hydrogen-bond donors (Lipinski definition) is 1. The normalized spacial score (nSPS) is 25.9. The molecule has 3 fully saturated rings. The molecule has 0 unspecified atom stereocenters. The van der Waals surface area contributed by atoms with Crippen LogP contribution in [-0.2, 0) is 31.3 Å². The molecule has 0 aliphatic carbocycles. The van der Waals surface area contributed by atoms with Crippen molar-refractivity contribution in [3.8, 4) is 11.5 Å². The lowest BCUT2D eigenvalue weighted by Gasteiger charge is -2.37. The number of aliphatic hydroxyl groups is 1. The number of likely N-dealkylation sites (tertiary alicyclic amines) is 1. The zero-order chi connectivity index (χ0) is 38.2. The van der Waals surface area contributed by atoms with Gasteiger partial charge in [-0.3, -0.25) is 14.4 Å². The molecule has 288 valence electrons. The van der Waals surface area contributed by atoms with E-state index in [2.05, 4.69) is 32.2 Å². The average molecular weight is 754 g/mol. The summed E-state index contributed by atoms with van der Waals surface area (Å²) in [4.78, 5) is 48.2. The van der Waals surface area contributed by atoms with E-state index < -0.39 is 19.8 Å². The van der Waals surface area contributed by atoms with Gasteiger partial charge in [-0.1, -0.05) is 62.3 Å². The molecule has 7 rings (SSSR count). The summed E-state index contributed by atoms with van der Waals surface area (Å²) in [7, 11) is 0.794. The van der Waals surface area contributed by atoms with E-state index in [1.807, 2.05) is 69.3 Å². The molecule has 3 aromatic rings. The van der Waals surface area contributed by atoms with Gasteiger partial charge in [-0.15, -0.1) is 0 Å². The minimum absolute atomic E-state index is 0.0472. The third kappa shape index (κ3) is 6.72. The molecule has 4 heterocycles. The standard InChI is InChI=1S/C43H55N3O7Si/c1-29-41(54(4,5)35-19-16-33(51-2)17-20-35)38(26-40(49)45-23-11-14-32(45)28-47)53-43(29)36-25-34(52-3)18-21-37(36)46(42(43)50)27-30-12-10-13-31(24-30)44-22-9-7-6-8-15-39(44)48/h10,12-13,16-21,24-25,29,32,38,41,47H,6-9,11,14-15,22-23,26-28H2,1-5H3/t29-,32-,38+,41-,43+/m0/s1. The third-order valence-corrected chi connectivity index (χ3v) is 17.1. The fraction of sp³-hybridized carbons (Fsp3) is 0.512. The Bertz CT molecular complexity index is 1870. The van der Waals surface area contributed by atoms with Crippen molar-refractivity contribution in [1.82, 2.24) is 4.90 Å². The number of hydrogen-bond acceptors (Lipinski definition) is 7. The van der Waals surface area contributed by atoms with Gasteiger partial charge < -0.3 is 34.0 Å². The molecule has 10 nitrogen and oxygen atoms in total. The third-order valence-electron chi connectivity index (χ3n) is 12.7. The van der Waals surface area contributed by atoms with Crippen LogP contribution in [0.5, 0.6) is 11.5 Å². The van der Waals surface area contributed by atoms with Gasteiger partial charge in [-0.2, -0.15) is 0 Å². The molecule has 4 aliphatic rings. The maximum atomic E-state index is 15.4. The van der Waals surface area contributed by atoms with Crippen LogP contribution in [0.15, 0.2) is 66.7 Å². The Morgan fingerprint density at radius 3 is 2.41 bits per heavy atom. The number of rotatable bonds is 10. The van der Waals surface area contributed by atoms with Crippen LogP contribution in [0.2, 0.25) is 18.6 Å². The van der Waals surface area contributed by atoms with Gasteiger partial charge in [0.15, 0.2) is 5.60 Å². The molecular formula is C43H55N3O7Si. The largest absolute Gasteiger partial charge is 0.497 e. The van der Waals surface area contributed by atoms with Crippen LogP contribution in [0.3, 0.4) is 0 Å². The molecule has 5 atom stereocenters. The van der Waals surface area contributed by atoms with Crippen molar-refractivity contribution in [3.05, 3.63) is 77.9 Å². The molecule has 3 aromatic carbocycles. The second-order valence-corrected chi connectivity index (χ2v) is 20.8. The van der Waals surface area contributed by atoms with Crippen molar-refractivity contribution in [2.45, 2.75) is 101 Å². The Hall–Kier alpha value is -4.19. The van der Waals surface area contributed by atoms with Gasteiger partial charge in [0.05, 0.1) is 59.7 Å². The van der Waals surface area contributed by atoms with Crippen LogP contribution in [0.25, 0.3) is 0 Å². The summed E-state index contributed by atoms with van der Waals surface area (Å²) < 4.78 is 18.5. The van der Waals surface area contributed by atoms with Crippen molar-refractivity contribution >= 4 is 42.4 Å². The van der Waals surface area contributed by atoms with Gasteiger partial charge in [0, 0.05) is 36.7 Å². The van der Waals surface area contributed by atoms with Crippen LogP contribution >= 0.6 is 0 Å². The lowest BCUT2D eigenvalue weighted by atomic mass is 9.82. The van der Waals surface area contributed by atoms with E-state index in [1.54, 1.807) is 14.2 Å². The van der Waals surface area contributed by atoms with E-state index in [-0.39, 0.29) is 48.3 Å². The van der Waals surface area contributed by atoms with E-state index in [1.165, 1.54) is 5.19 Å². The van der Waals surface area contributed by atoms with E-state index in [0.717, 1.165) is 66.8 Å². The maximum Gasteiger partial charge on any atom is 0.264 e. The van der Waals surface area contributed by atoms with Gasteiger partial charge in [-0.25, -0.2) is 0 Å². The van der Waals surface area contributed by atoms with Gasteiger partial charge >= 0.3 is 0 Å². The molecule has 1 spiro atoms. The minimum atomic E-state index is -2.48. The number of nitrogens with zero attached hydrogens (tertiary/aromatic N) is 3. The predicted molar refractivity (Wildman–Crippen MR) is 212 cm³/mol. The predicted octanol–water partition coefficient (Wildman–Crippen LogP) is 6.14. The van der Waals surface area contributed by atoms with Crippen molar-refractivity contribution in [2.75, 3.05) is 43.7 Å². The molecule has 3 amide bonds. The summed E-state index contributed by atoms with van der Waals surface area (Å²) in [6, 6.07) is 21.8. The first-order chi connectivity index (χ1) is 26.0. The van der Waals surface area contributed by atoms with Crippen molar-refractivity contribution in [2.24, 2.45) is 5.92 Å². The van der Waals surface area contributed by atoms with E-state index >= 15 is 4.79 Å². The second kappa shape index (κ2) is 15.5. The highest BCUT2D eigenvalue weighted by Gasteiger charge is 2.66. The zero-order valence-electron chi connectivity index (χ0n) is 32.4. The molecule has 4 aliphatic heterocycles. The maximum absolute atomic E-state index is 15.4. The molecule has 0 saturated carbocycles. The van der Waals surface area contributed by atoms with Crippen LogP contribution < -0.4 is 24.5 Å². The molecule has 3 saturated heterocycles. The number of ether oxygens (including phenoxy) is 3. The highest BCUT2D eigenvalue weighted by molar-refractivity contribution is 6.91. The summed E-state index contributed by atoms with van der Waals surface area (Å²) >= 11 is 0. The Morgan fingerprint density at radius 2 is 1.67 bits per heavy atom. The number of benzene rings is 3. The number of carbonyl (C=O) groups is 3. The molecule has 54 heavy (non-hydrogen) atoms. The monoisotopic (exact) mass is 753 g/mol. The van der Waals surface area contributed by atoms with Crippen LogP contribution in [-0.4, -0.2) is 81.9 Å². The summed E-state index contributed by atoms with van der Waals surface area (Å²) in [6.45, 7) is 8.27. The second-order valence-electron chi connectivity index (χ2n) is 16.1. The lowest BCUT2D eigenvalue weighted by molar-refractivity contribution is -0.150. The Morgan fingerprint density at radius 1 is 0.926 bits per heavy atom. The van der Waals surface area contributed by atoms with Crippen LogP contribution in [0, 0.1) is 5.92 Å². The first-order valence-corrected chi connectivity index (χ1v) is 22.7. The van der Waals surface area contributed by atoms with E-state index in [4.69, 9.17) is 14.2 Å². The van der Waals surface area contributed by atoms with Crippen molar-refractivity contribution in [3.63, 3.8) is 0 Å². The Kier molecular flexibility index (Phi) is 10.9. The van der Waals surface area contributed by atoms with Crippen molar-refractivity contribution in [1.29, 1.82) is 0 Å². The highest BCUT2D eigenvalue weighted by Crippen LogP contribution is 2.60. The summed E-state index contributed by atoms with van der Waals surface area (Å²) in [6.07, 6.45) is 5.82. The number of methoxy groups -OCH3 is 2. The van der Waals surface area contributed by atoms with Gasteiger partial charge in [-0.05, 0) is 79.3 Å². The fourth-order valence-corrected chi connectivity index (χ4v) is 13.9. The Balaban J connectivity index is 1.28. The molecule has 11 heteroatoms. The Labute approximate surface area is 320 Å². The number of carbonyl (C=O) groups excluding carboxylic acids is 3. The van der Waals surface area contributed by atoms with E-state index in [0.29, 0.717) is 31.8 Å². The van der Waals surface area contributed by atoms with Crippen LogP contribution in [0.4, 0.5) is 11.4 Å².